The average molecular weight is 276 g/mol. The maximum absolute atomic E-state index is 6.56. The quantitative estimate of drug-likeness (QED) is 0.778. The van der Waals surface area contributed by atoms with Crippen molar-refractivity contribution >= 4 is 10.9 Å². The molecule has 1 atom stereocenters. The normalized spacial score (nSPS) is 13.3. The van der Waals surface area contributed by atoms with Crippen LogP contribution in [0.4, 0.5) is 0 Å². The van der Waals surface area contributed by atoms with Gasteiger partial charge in [-0.05, 0) is 23.3 Å². The Hall–Kier alpha value is -2.19. The van der Waals surface area contributed by atoms with E-state index in [-0.39, 0.29) is 11.5 Å². The van der Waals surface area contributed by atoms with E-state index in [1.54, 1.807) is 0 Å². The van der Waals surface area contributed by atoms with Gasteiger partial charge in [-0.2, -0.15) is 0 Å². The molecule has 21 heavy (non-hydrogen) atoms. The zero-order valence-corrected chi connectivity index (χ0v) is 12.5. The number of aromatic nitrogens is 1. The summed E-state index contributed by atoms with van der Waals surface area (Å²) in [6.07, 6.45) is 1.90. The fourth-order valence-electron chi connectivity index (χ4n) is 2.72. The van der Waals surface area contributed by atoms with Gasteiger partial charge in [0.2, 0.25) is 0 Å². The van der Waals surface area contributed by atoms with Gasteiger partial charge in [-0.1, -0.05) is 62.4 Å². The summed E-state index contributed by atoms with van der Waals surface area (Å²) < 4.78 is 0. The summed E-state index contributed by atoms with van der Waals surface area (Å²) in [5.74, 6) is 0. The van der Waals surface area contributed by atoms with Crippen LogP contribution >= 0.6 is 0 Å². The second kappa shape index (κ2) is 5.30. The molecule has 3 rings (SSSR count). The molecule has 0 aliphatic rings. The summed E-state index contributed by atoms with van der Waals surface area (Å²) >= 11 is 0. The third-order valence-electron chi connectivity index (χ3n) is 4.27. The number of nitrogens with two attached hydrogens (primary N) is 1. The van der Waals surface area contributed by atoms with Crippen LogP contribution < -0.4 is 5.73 Å². The van der Waals surface area contributed by atoms with Gasteiger partial charge in [0.25, 0.3) is 0 Å². The highest BCUT2D eigenvalue weighted by molar-refractivity contribution is 5.78. The number of hydrogen-bond acceptors (Lipinski definition) is 2. The maximum Gasteiger partial charge on any atom is 0.0702 e. The van der Waals surface area contributed by atoms with Crippen LogP contribution in [0.5, 0.6) is 0 Å². The van der Waals surface area contributed by atoms with Crippen LogP contribution in [0, 0.1) is 0 Å². The summed E-state index contributed by atoms with van der Waals surface area (Å²) in [6, 6.07) is 20.6. The Morgan fingerprint density at radius 2 is 1.62 bits per heavy atom. The molecule has 1 aromatic heterocycles. The van der Waals surface area contributed by atoms with Crippen LogP contribution in [0.15, 0.2) is 66.9 Å². The van der Waals surface area contributed by atoms with E-state index in [1.807, 2.05) is 30.5 Å². The van der Waals surface area contributed by atoms with E-state index >= 15 is 0 Å². The van der Waals surface area contributed by atoms with Gasteiger partial charge in [-0.15, -0.1) is 0 Å². The molecule has 2 aromatic carbocycles. The second-order valence-corrected chi connectivity index (χ2v) is 6.03. The van der Waals surface area contributed by atoms with Gasteiger partial charge in [0, 0.05) is 23.0 Å². The van der Waals surface area contributed by atoms with Crippen molar-refractivity contribution < 1.29 is 0 Å². The van der Waals surface area contributed by atoms with Gasteiger partial charge in [0.15, 0.2) is 0 Å². The van der Waals surface area contributed by atoms with Gasteiger partial charge < -0.3 is 5.73 Å². The number of hydrogen-bond donors (Lipinski definition) is 1. The second-order valence-electron chi connectivity index (χ2n) is 6.03. The first-order valence-electron chi connectivity index (χ1n) is 7.25. The van der Waals surface area contributed by atoms with Crippen molar-refractivity contribution in [2.75, 3.05) is 0 Å². The molecule has 2 heteroatoms. The predicted molar refractivity (Wildman–Crippen MR) is 88.1 cm³/mol. The zero-order chi connectivity index (χ0) is 14.9. The summed E-state index contributed by atoms with van der Waals surface area (Å²) in [7, 11) is 0. The molecule has 0 amide bonds. The minimum Gasteiger partial charge on any atom is -0.323 e. The molecule has 0 aliphatic heterocycles. The van der Waals surface area contributed by atoms with Gasteiger partial charge in [0.1, 0.15) is 0 Å². The Labute approximate surface area is 125 Å². The lowest BCUT2D eigenvalue weighted by atomic mass is 9.75. The van der Waals surface area contributed by atoms with Gasteiger partial charge >= 0.3 is 0 Å². The highest BCUT2D eigenvalue weighted by Crippen LogP contribution is 2.35. The smallest absolute Gasteiger partial charge is 0.0702 e. The number of para-hydroxylation sites is 1. The van der Waals surface area contributed by atoms with E-state index in [9.17, 15) is 0 Å². The van der Waals surface area contributed by atoms with Crippen molar-refractivity contribution in [3.05, 3.63) is 78.0 Å². The first-order valence-corrected chi connectivity index (χ1v) is 7.25. The molecule has 0 fully saturated rings. The third-order valence-corrected chi connectivity index (χ3v) is 4.27. The summed E-state index contributed by atoms with van der Waals surface area (Å²) in [5, 5.41) is 1.13. The molecular weight excluding hydrogens is 256 g/mol. The fraction of sp³-hybridized carbons (Fsp3) is 0.211. The van der Waals surface area contributed by atoms with Crippen molar-refractivity contribution in [1.29, 1.82) is 0 Å². The lowest BCUT2D eigenvalue weighted by Crippen LogP contribution is -2.33. The molecule has 3 aromatic rings. The lowest BCUT2D eigenvalue weighted by molar-refractivity contribution is 0.420. The minimum atomic E-state index is -0.147. The molecule has 2 nitrogen and oxygen atoms in total. The van der Waals surface area contributed by atoms with Crippen molar-refractivity contribution in [2.45, 2.75) is 25.3 Å². The van der Waals surface area contributed by atoms with Crippen molar-refractivity contribution in [3.63, 3.8) is 0 Å². The molecule has 0 saturated heterocycles. The molecule has 0 aliphatic carbocycles. The summed E-state index contributed by atoms with van der Waals surface area (Å²) in [4.78, 5) is 4.53. The number of fused-ring (bicyclic) bond motifs is 1. The Bertz CT molecular complexity index is 748. The predicted octanol–water partition coefficient (Wildman–Crippen LogP) is 4.21. The standard InChI is InChI=1S/C19H20N2/c1-19(2,16-9-4-3-5-10-16)18(20)15-12-14-8-6-7-11-17(14)21-13-15/h3-13,18H,20H2,1-2H3. The van der Waals surface area contributed by atoms with E-state index in [0.717, 1.165) is 16.5 Å². The van der Waals surface area contributed by atoms with Crippen LogP contribution in [0.25, 0.3) is 10.9 Å². The first-order chi connectivity index (χ1) is 10.1. The molecule has 0 bridgehead atoms. The van der Waals surface area contributed by atoms with Crippen LogP contribution in [-0.4, -0.2) is 4.98 Å². The van der Waals surface area contributed by atoms with Crippen molar-refractivity contribution in [3.8, 4) is 0 Å². The number of benzene rings is 2. The Balaban J connectivity index is 2.01. The molecule has 0 saturated carbocycles. The summed E-state index contributed by atoms with van der Waals surface area (Å²) in [5.41, 5.74) is 9.73. The number of nitrogens with zero attached hydrogens (tertiary/aromatic N) is 1. The van der Waals surface area contributed by atoms with E-state index in [4.69, 9.17) is 5.73 Å². The van der Waals surface area contributed by atoms with Crippen LogP contribution in [0.1, 0.15) is 31.0 Å². The summed E-state index contributed by atoms with van der Waals surface area (Å²) in [6.45, 7) is 4.37. The van der Waals surface area contributed by atoms with E-state index in [2.05, 4.69) is 55.2 Å². The van der Waals surface area contributed by atoms with Crippen LogP contribution in [0.2, 0.25) is 0 Å². The molecule has 1 unspecified atom stereocenters. The highest BCUT2D eigenvalue weighted by atomic mass is 14.7. The Kier molecular flexibility index (Phi) is 3.48. The maximum atomic E-state index is 6.56. The monoisotopic (exact) mass is 276 g/mol. The average Bonchev–Trinajstić information content (AvgIpc) is 2.54. The number of pyridine rings is 1. The minimum absolute atomic E-state index is 0.1000. The largest absolute Gasteiger partial charge is 0.323 e. The topological polar surface area (TPSA) is 38.9 Å². The Morgan fingerprint density at radius 1 is 0.952 bits per heavy atom. The highest BCUT2D eigenvalue weighted by Gasteiger charge is 2.29. The molecular formula is C19H20N2. The zero-order valence-electron chi connectivity index (χ0n) is 12.5. The molecule has 0 spiro atoms. The van der Waals surface area contributed by atoms with Crippen molar-refractivity contribution in [2.24, 2.45) is 5.73 Å². The van der Waals surface area contributed by atoms with Gasteiger partial charge in [-0.3, -0.25) is 4.98 Å². The molecule has 0 radical (unpaired) electrons. The lowest BCUT2D eigenvalue weighted by Gasteiger charge is -2.32. The molecule has 2 N–H and O–H groups in total. The van der Waals surface area contributed by atoms with E-state index in [1.165, 1.54) is 5.56 Å². The van der Waals surface area contributed by atoms with Gasteiger partial charge in [-0.25, -0.2) is 0 Å². The van der Waals surface area contributed by atoms with Crippen LogP contribution in [-0.2, 0) is 5.41 Å². The fourth-order valence-corrected chi connectivity index (χ4v) is 2.72. The Morgan fingerprint density at radius 3 is 2.38 bits per heavy atom. The molecule has 1 heterocycles. The van der Waals surface area contributed by atoms with E-state index < -0.39 is 0 Å². The molecule has 106 valence electrons. The third kappa shape index (κ3) is 2.55. The number of rotatable bonds is 3. The van der Waals surface area contributed by atoms with Crippen molar-refractivity contribution in [1.82, 2.24) is 4.98 Å². The first kappa shape index (κ1) is 13.8. The van der Waals surface area contributed by atoms with E-state index in [0.29, 0.717) is 0 Å². The SMILES string of the molecule is CC(C)(c1ccccc1)C(N)c1cnc2ccccc2c1. The van der Waals surface area contributed by atoms with Gasteiger partial charge in [0.05, 0.1) is 5.52 Å². The van der Waals surface area contributed by atoms with Crippen LogP contribution in [0.3, 0.4) is 0 Å².